The van der Waals surface area contributed by atoms with Gasteiger partial charge in [0.05, 0.1) is 27.9 Å². The van der Waals surface area contributed by atoms with E-state index in [0.29, 0.717) is 43.0 Å². The molecule has 0 atom stereocenters. The third-order valence-electron chi connectivity index (χ3n) is 6.27. The van der Waals surface area contributed by atoms with Gasteiger partial charge < -0.3 is 5.73 Å². The number of rotatable bonds is 6. The molecule has 1 heterocycles. The van der Waals surface area contributed by atoms with Crippen LogP contribution in [0.25, 0.3) is 11.3 Å². The van der Waals surface area contributed by atoms with Crippen LogP contribution in [-0.4, -0.2) is 29.9 Å². The van der Waals surface area contributed by atoms with Crippen LogP contribution in [0, 0.1) is 11.7 Å². The molecule has 2 aromatic carbocycles. The Morgan fingerprint density at radius 2 is 1.69 bits per heavy atom. The zero-order chi connectivity index (χ0) is 25.4. The van der Waals surface area contributed by atoms with Crippen LogP contribution in [0.2, 0.25) is 0 Å². The molecule has 0 spiro atoms. The minimum Gasteiger partial charge on any atom is -0.364 e. The smallest absolute Gasteiger partial charge is 0.364 e. The zero-order valence-electron chi connectivity index (χ0n) is 18.5. The summed E-state index contributed by atoms with van der Waals surface area (Å²) in [6.07, 6.45) is -2.60. The fraction of sp³-hybridized carbons (Fsp3) is 0.333. The van der Waals surface area contributed by atoms with E-state index in [4.69, 9.17) is 5.73 Å². The number of sulfone groups is 1. The fourth-order valence-electron chi connectivity index (χ4n) is 4.45. The highest BCUT2D eigenvalue weighted by atomic mass is 32.2. The van der Waals surface area contributed by atoms with Crippen LogP contribution in [0.5, 0.6) is 0 Å². The first-order valence-electron chi connectivity index (χ1n) is 11.0. The molecule has 0 unspecified atom stereocenters. The lowest BCUT2D eigenvalue weighted by Crippen LogP contribution is -2.27. The van der Waals surface area contributed by atoms with Crippen LogP contribution in [-0.2, 0) is 16.0 Å². The van der Waals surface area contributed by atoms with Gasteiger partial charge in [-0.2, -0.15) is 18.3 Å². The van der Waals surface area contributed by atoms with Gasteiger partial charge >= 0.3 is 6.18 Å². The van der Waals surface area contributed by atoms with Gasteiger partial charge in [0, 0.05) is 5.56 Å². The Balaban J connectivity index is 1.47. The lowest BCUT2D eigenvalue weighted by atomic mass is 9.87. The first-order valence-corrected chi connectivity index (χ1v) is 12.6. The predicted molar refractivity (Wildman–Crippen MR) is 121 cm³/mol. The van der Waals surface area contributed by atoms with Crippen molar-refractivity contribution in [1.29, 1.82) is 0 Å². The summed E-state index contributed by atoms with van der Waals surface area (Å²) >= 11 is 0. The molecule has 4 rings (SSSR count). The third-order valence-corrected chi connectivity index (χ3v) is 8.15. The Morgan fingerprint density at radius 3 is 2.29 bits per heavy atom. The van der Waals surface area contributed by atoms with Gasteiger partial charge in [0.25, 0.3) is 5.91 Å². The average molecular weight is 510 g/mol. The standard InChI is InChI=1S/C24H23F4N3O3S/c25-18-8-6-16(7-9-18)21-13-22(23(29)32)31(30-21)19-10-4-15(5-11-19)14-35(33,34)20-3-1-2-17(12-20)24(26,27)28/h1-3,6-9,12-13,15,19H,4-5,10-11,14H2,(H2,29,32). The van der Waals surface area contributed by atoms with Crippen molar-refractivity contribution in [2.75, 3.05) is 5.75 Å². The number of carbonyl (C=O) groups excluding carboxylic acids is 1. The molecule has 0 aliphatic heterocycles. The fourth-order valence-corrected chi connectivity index (χ4v) is 6.19. The summed E-state index contributed by atoms with van der Waals surface area (Å²) in [5.41, 5.74) is 5.82. The SMILES string of the molecule is NC(=O)c1cc(-c2ccc(F)cc2)nn1C1CCC(CS(=O)(=O)c2cccc(C(F)(F)F)c2)CC1. The largest absolute Gasteiger partial charge is 0.416 e. The maximum Gasteiger partial charge on any atom is 0.416 e. The number of hydrogen-bond acceptors (Lipinski definition) is 4. The van der Waals surface area contributed by atoms with Crippen LogP contribution >= 0.6 is 0 Å². The molecule has 2 N–H and O–H groups in total. The molecule has 1 aliphatic carbocycles. The summed E-state index contributed by atoms with van der Waals surface area (Å²) in [4.78, 5) is 11.7. The molecule has 0 radical (unpaired) electrons. The van der Waals surface area contributed by atoms with E-state index in [1.165, 1.54) is 18.2 Å². The van der Waals surface area contributed by atoms with E-state index in [-0.39, 0.29) is 28.3 Å². The molecule has 11 heteroatoms. The second-order valence-corrected chi connectivity index (χ2v) is 10.7. The summed E-state index contributed by atoms with van der Waals surface area (Å²) < 4.78 is 79.3. The lowest BCUT2D eigenvalue weighted by Gasteiger charge is -2.29. The minimum absolute atomic E-state index is 0.195. The summed E-state index contributed by atoms with van der Waals surface area (Å²) in [7, 11) is -3.91. The number of carbonyl (C=O) groups is 1. The molecule has 0 bridgehead atoms. The second kappa shape index (κ2) is 9.44. The van der Waals surface area contributed by atoms with Crippen molar-refractivity contribution in [2.24, 2.45) is 11.7 Å². The van der Waals surface area contributed by atoms with Gasteiger partial charge in [0.15, 0.2) is 9.84 Å². The van der Waals surface area contributed by atoms with Crippen LogP contribution in [0.1, 0.15) is 47.8 Å². The van der Waals surface area contributed by atoms with Crippen molar-refractivity contribution in [3.63, 3.8) is 0 Å². The number of halogens is 4. The van der Waals surface area contributed by atoms with E-state index in [0.717, 1.165) is 12.1 Å². The Labute approximate surface area is 199 Å². The van der Waals surface area contributed by atoms with Gasteiger partial charge in [-0.05, 0) is 80.1 Å². The predicted octanol–water partition coefficient (Wildman–Crippen LogP) is 5.01. The Kier molecular flexibility index (Phi) is 6.72. The summed E-state index contributed by atoms with van der Waals surface area (Å²) in [5.74, 6) is -1.57. The molecule has 3 aromatic rings. The Bertz CT molecular complexity index is 1330. The third kappa shape index (κ3) is 5.55. The van der Waals surface area contributed by atoms with Gasteiger partial charge in [-0.25, -0.2) is 12.8 Å². The number of alkyl halides is 3. The van der Waals surface area contributed by atoms with E-state index >= 15 is 0 Å². The number of primary amides is 1. The molecular formula is C24H23F4N3O3S. The van der Waals surface area contributed by atoms with Crippen molar-refractivity contribution >= 4 is 15.7 Å². The molecule has 1 aliphatic rings. The summed E-state index contributed by atoms with van der Waals surface area (Å²) in [6.45, 7) is 0. The normalized spacial score (nSPS) is 19.0. The monoisotopic (exact) mass is 509 g/mol. The van der Waals surface area contributed by atoms with Gasteiger partial charge in [0.1, 0.15) is 11.5 Å². The van der Waals surface area contributed by atoms with Gasteiger partial charge in [-0.3, -0.25) is 9.48 Å². The van der Waals surface area contributed by atoms with Crippen LogP contribution in [0.3, 0.4) is 0 Å². The molecule has 35 heavy (non-hydrogen) atoms. The highest BCUT2D eigenvalue weighted by Gasteiger charge is 2.33. The first kappa shape index (κ1) is 24.9. The number of amides is 1. The van der Waals surface area contributed by atoms with Crippen molar-refractivity contribution in [3.8, 4) is 11.3 Å². The number of benzene rings is 2. The van der Waals surface area contributed by atoms with Crippen molar-refractivity contribution in [1.82, 2.24) is 9.78 Å². The quantitative estimate of drug-likeness (QED) is 0.473. The highest BCUT2D eigenvalue weighted by Crippen LogP contribution is 2.36. The van der Waals surface area contributed by atoms with Crippen LogP contribution in [0.15, 0.2) is 59.5 Å². The maximum absolute atomic E-state index is 13.2. The first-order chi connectivity index (χ1) is 16.4. The van der Waals surface area contributed by atoms with Crippen molar-refractivity contribution in [2.45, 2.75) is 42.8 Å². The maximum atomic E-state index is 13.2. The molecule has 1 saturated carbocycles. The zero-order valence-corrected chi connectivity index (χ0v) is 19.3. The molecule has 1 aromatic heterocycles. The average Bonchev–Trinajstić information content (AvgIpc) is 3.25. The molecule has 6 nitrogen and oxygen atoms in total. The Morgan fingerprint density at radius 1 is 1.03 bits per heavy atom. The van der Waals surface area contributed by atoms with E-state index in [1.54, 1.807) is 22.9 Å². The minimum atomic E-state index is -4.63. The van der Waals surface area contributed by atoms with Crippen molar-refractivity contribution in [3.05, 3.63) is 71.7 Å². The molecule has 186 valence electrons. The van der Waals surface area contributed by atoms with E-state index in [2.05, 4.69) is 5.10 Å². The van der Waals surface area contributed by atoms with E-state index in [9.17, 15) is 30.8 Å². The summed E-state index contributed by atoms with van der Waals surface area (Å²) in [5, 5.41) is 4.50. The van der Waals surface area contributed by atoms with Crippen LogP contribution < -0.4 is 5.73 Å². The molecule has 1 fully saturated rings. The van der Waals surface area contributed by atoms with E-state index in [1.807, 2.05) is 0 Å². The summed E-state index contributed by atoms with van der Waals surface area (Å²) in [6, 6.07) is 10.8. The van der Waals surface area contributed by atoms with Gasteiger partial charge in [-0.15, -0.1) is 0 Å². The van der Waals surface area contributed by atoms with Gasteiger partial charge in [-0.1, -0.05) is 6.07 Å². The number of nitrogens with zero attached hydrogens (tertiary/aromatic N) is 2. The number of hydrogen-bond donors (Lipinski definition) is 1. The molecule has 0 saturated heterocycles. The van der Waals surface area contributed by atoms with Crippen LogP contribution in [0.4, 0.5) is 17.6 Å². The number of nitrogens with two attached hydrogens (primary N) is 1. The lowest BCUT2D eigenvalue weighted by molar-refractivity contribution is -0.137. The van der Waals surface area contributed by atoms with Gasteiger partial charge in [0.2, 0.25) is 0 Å². The Hall–Kier alpha value is -3.21. The highest BCUT2D eigenvalue weighted by molar-refractivity contribution is 7.91. The molecular weight excluding hydrogens is 486 g/mol. The topological polar surface area (TPSA) is 95.1 Å². The number of aromatic nitrogens is 2. The second-order valence-electron chi connectivity index (χ2n) is 8.71. The molecule has 1 amide bonds. The van der Waals surface area contributed by atoms with E-state index < -0.39 is 33.3 Å². The van der Waals surface area contributed by atoms with Crippen molar-refractivity contribution < 1.29 is 30.8 Å².